The monoisotopic (exact) mass is 412 g/mol. The van der Waals surface area contributed by atoms with Gasteiger partial charge in [-0.1, -0.05) is 62.7 Å². The molecular formula is C24H29ClN2O2. The molecule has 5 heteroatoms. The highest BCUT2D eigenvalue weighted by atomic mass is 35.5. The molecule has 2 N–H and O–H groups in total. The van der Waals surface area contributed by atoms with Crippen molar-refractivity contribution in [3.05, 3.63) is 70.4 Å². The van der Waals surface area contributed by atoms with Crippen LogP contribution in [0.2, 0.25) is 5.02 Å². The normalized spacial score (nSPS) is 14.5. The molecule has 0 spiro atoms. The average Bonchev–Trinajstić information content (AvgIpc) is 3.45. The van der Waals surface area contributed by atoms with Crippen LogP contribution >= 0.6 is 11.6 Å². The molecule has 0 bridgehead atoms. The van der Waals surface area contributed by atoms with E-state index in [4.69, 9.17) is 11.6 Å². The number of H-pyrrole nitrogens is 1. The molecule has 29 heavy (non-hydrogen) atoms. The Balaban J connectivity index is 0.000000298. The summed E-state index contributed by atoms with van der Waals surface area (Å²) in [5.74, 6) is -0.926. The number of carbonyl (C=O) groups is 1. The van der Waals surface area contributed by atoms with Crippen LogP contribution in [0.1, 0.15) is 55.2 Å². The van der Waals surface area contributed by atoms with Crippen LogP contribution in [-0.4, -0.2) is 40.6 Å². The van der Waals surface area contributed by atoms with E-state index in [1.807, 2.05) is 30.3 Å². The first-order valence-electron chi connectivity index (χ1n) is 10.3. The molecule has 1 aromatic heterocycles. The molecule has 0 amide bonds. The standard InChI is InChI=1S/C18H14ClNO2.C6H15N/c19-12-6-7-14-13(10-12)15(16(20-14)17(21)22)18(8-9-18)11-4-2-1-3-5-11;1-4-7(5-2)6-3/h1-7,10,20H,8-9H2,(H,21,22);4-6H2,1-3H3. The molecular weight excluding hydrogens is 384 g/mol. The number of hydrogen-bond acceptors (Lipinski definition) is 2. The molecule has 0 radical (unpaired) electrons. The lowest BCUT2D eigenvalue weighted by molar-refractivity contribution is 0.0689. The quantitative estimate of drug-likeness (QED) is 0.526. The lowest BCUT2D eigenvalue weighted by Crippen LogP contribution is -2.21. The third-order valence-electron chi connectivity index (χ3n) is 5.87. The van der Waals surface area contributed by atoms with Gasteiger partial charge in [0.05, 0.1) is 0 Å². The summed E-state index contributed by atoms with van der Waals surface area (Å²) in [7, 11) is 0. The van der Waals surface area contributed by atoms with E-state index in [2.05, 4.69) is 42.8 Å². The van der Waals surface area contributed by atoms with Crippen LogP contribution < -0.4 is 0 Å². The van der Waals surface area contributed by atoms with E-state index in [1.54, 1.807) is 6.07 Å². The Labute approximate surface area is 177 Å². The molecule has 4 nitrogen and oxygen atoms in total. The molecule has 1 saturated carbocycles. The van der Waals surface area contributed by atoms with Crippen molar-refractivity contribution < 1.29 is 9.90 Å². The summed E-state index contributed by atoms with van der Waals surface area (Å²) in [6.07, 6.45) is 1.91. The van der Waals surface area contributed by atoms with E-state index in [1.165, 1.54) is 25.2 Å². The second-order valence-electron chi connectivity index (χ2n) is 7.44. The van der Waals surface area contributed by atoms with E-state index < -0.39 is 5.97 Å². The Hall–Kier alpha value is -2.30. The van der Waals surface area contributed by atoms with Gasteiger partial charge in [0.25, 0.3) is 0 Å². The first-order chi connectivity index (χ1) is 14.0. The van der Waals surface area contributed by atoms with Gasteiger partial charge in [0.2, 0.25) is 0 Å². The van der Waals surface area contributed by atoms with Crippen LogP contribution in [0.3, 0.4) is 0 Å². The molecule has 0 unspecified atom stereocenters. The predicted molar refractivity (Wildman–Crippen MR) is 120 cm³/mol. The maximum absolute atomic E-state index is 11.7. The number of aromatic amines is 1. The predicted octanol–water partition coefficient (Wildman–Crippen LogP) is 5.95. The van der Waals surface area contributed by atoms with E-state index in [9.17, 15) is 9.90 Å². The minimum Gasteiger partial charge on any atom is -0.477 e. The van der Waals surface area contributed by atoms with Crippen molar-refractivity contribution in [1.82, 2.24) is 9.88 Å². The summed E-state index contributed by atoms with van der Waals surface area (Å²) in [6, 6.07) is 15.6. The van der Waals surface area contributed by atoms with Gasteiger partial charge in [-0.05, 0) is 56.2 Å². The highest BCUT2D eigenvalue weighted by molar-refractivity contribution is 6.31. The van der Waals surface area contributed by atoms with Crippen LogP contribution in [-0.2, 0) is 5.41 Å². The number of aromatic nitrogens is 1. The van der Waals surface area contributed by atoms with E-state index in [0.717, 1.165) is 29.3 Å². The minimum atomic E-state index is -0.926. The molecule has 1 fully saturated rings. The van der Waals surface area contributed by atoms with Crippen molar-refractivity contribution >= 4 is 28.5 Å². The third kappa shape index (κ3) is 4.34. The maximum atomic E-state index is 11.7. The zero-order valence-corrected chi connectivity index (χ0v) is 18.1. The number of carboxylic acid groups (broad SMARTS) is 1. The molecule has 4 rings (SSSR count). The van der Waals surface area contributed by atoms with Crippen LogP contribution in [0.15, 0.2) is 48.5 Å². The fraction of sp³-hybridized carbons (Fsp3) is 0.375. The summed E-state index contributed by atoms with van der Waals surface area (Å²) in [5.41, 5.74) is 2.91. The summed E-state index contributed by atoms with van der Waals surface area (Å²) in [4.78, 5) is 17.1. The number of fused-ring (bicyclic) bond motifs is 1. The van der Waals surface area contributed by atoms with Crippen LogP contribution in [0, 0.1) is 0 Å². The molecule has 1 aliphatic rings. The molecule has 3 aromatic rings. The van der Waals surface area contributed by atoms with Gasteiger partial charge >= 0.3 is 5.97 Å². The van der Waals surface area contributed by atoms with Crippen molar-refractivity contribution in [3.63, 3.8) is 0 Å². The number of rotatable bonds is 6. The second kappa shape index (κ2) is 9.02. The maximum Gasteiger partial charge on any atom is 0.352 e. The number of aromatic carboxylic acids is 1. The zero-order chi connectivity index (χ0) is 21.0. The second-order valence-corrected chi connectivity index (χ2v) is 7.87. The van der Waals surface area contributed by atoms with Crippen molar-refractivity contribution in [2.75, 3.05) is 19.6 Å². The summed E-state index contributed by atoms with van der Waals surface area (Å²) < 4.78 is 0. The van der Waals surface area contributed by atoms with Gasteiger partial charge < -0.3 is 15.0 Å². The smallest absolute Gasteiger partial charge is 0.352 e. The third-order valence-corrected chi connectivity index (χ3v) is 6.11. The molecule has 1 heterocycles. The van der Waals surface area contributed by atoms with Crippen LogP contribution in [0.5, 0.6) is 0 Å². The van der Waals surface area contributed by atoms with Crippen LogP contribution in [0.4, 0.5) is 0 Å². The summed E-state index contributed by atoms with van der Waals surface area (Å²) in [6.45, 7) is 10.1. The molecule has 1 aliphatic carbocycles. The van der Waals surface area contributed by atoms with Crippen LogP contribution in [0.25, 0.3) is 10.9 Å². The Kier molecular flexibility index (Phi) is 6.66. The zero-order valence-electron chi connectivity index (χ0n) is 17.3. The lowest BCUT2D eigenvalue weighted by Gasteiger charge is -2.16. The average molecular weight is 413 g/mol. The number of carboxylic acids is 1. The number of nitrogens with zero attached hydrogens (tertiary/aromatic N) is 1. The Bertz CT molecular complexity index is 968. The van der Waals surface area contributed by atoms with Gasteiger partial charge in [-0.25, -0.2) is 4.79 Å². The summed E-state index contributed by atoms with van der Waals surface area (Å²) in [5, 5.41) is 11.1. The minimum absolute atomic E-state index is 0.210. The largest absolute Gasteiger partial charge is 0.477 e. The first-order valence-corrected chi connectivity index (χ1v) is 10.7. The SMILES string of the molecule is CCN(CC)CC.O=C(O)c1[nH]c2ccc(Cl)cc2c1C1(c2ccccc2)CC1. The molecule has 0 saturated heterocycles. The van der Waals surface area contributed by atoms with Gasteiger partial charge in [-0.15, -0.1) is 0 Å². The van der Waals surface area contributed by atoms with Crippen molar-refractivity contribution in [2.45, 2.75) is 39.0 Å². The van der Waals surface area contributed by atoms with Gasteiger partial charge in [0, 0.05) is 26.9 Å². The fourth-order valence-corrected chi connectivity index (χ4v) is 4.23. The van der Waals surface area contributed by atoms with Gasteiger partial charge in [-0.3, -0.25) is 0 Å². The Morgan fingerprint density at radius 3 is 2.17 bits per heavy atom. The molecule has 154 valence electrons. The van der Waals surface area contributed by atoms with Crippen molar-refractivity contribution in [3.8, 4) is 0 Å². The van der Waals surface area contributed by atoms with E-state index >= 15 is 0 Å². The number of hydrogen-bond donors (Lipinski definition) is 2. The van der Waals surface area contributed by atoms with Gasteiger partial charge in [0.1, 0.15) is 5.69 Å². The molecule has 0 atom stereocenters. The molecule has 2 aromatic carbocycles. The van der Waals surface area contributed by atoms with Crippen molar-refractivity contribution in [1.29, 1.82) is 0 Å². The number of nitrogens with one attached hydrogen (secondary N) is 1. The van der Waals surface area contributed by atoms with Crippen molar-refractivity contribution in [2.24, 2.45) is 0 Å². The Morgan fingerprint density at radius 1 is 1.07 bits per heavy atom. The molecule has 0 aliphatic heterocycles. The first kappa shape index (κ1) is 21.4. The number of halogens is 1. The highest BCUT2D eigenvalue weighted by Crippen LogP contribution is 2.56. The van der Waals surface area contributed by atoms with E-state index in [-0.39, 0.29) is 11.1 Å². The number of benzene rings is 2. The van der Waals surface area contributed by atoms with Gasteiger partial charge in [0.15, 0.2) is 0 Å². The van der Waals surface area contributed by atoms with Gasteiger partial charge in [-0.2, -0.15) is 0 Å². The van der Waals surface area contributed by atoms with E-state index in [0.29, 0.717) is 5.02 Å². The topological polar surface area (TPSA) is 56.3 Å². The fourth-order valence-electron chi connectivity index (χ4n) is 4.06. The Morgan fingerprint density at radius 2 is 1.69 bits per heavy atom. The highest BCUT2D eigenvalue weighted by Gasteiger charge is 2.49. The lowest BCUT2D eigenvalue weighted by atomic mass is 9.86. The summed E-state index contributed by atoms with van der Waals surface area (Å²) >= 11 is 6.13.